The van der Waals surface area contributed by atoms with Gasteiger partial charge in [0, 0.05) is 23.0 Å². The molecule has 0 unspecified atom stereocenters. The predicted octanol–water partition coefficient (Wildman–Crippen LogP) is 3.26. The molecule has 3 rings (SSSR count). The first-order chi connectivity index (χ1) is 9.99. The molecule has 2 heterocycles. The highest BCUT2D eigenvalue weighted by Gasteiger charge is 2.16. The Morgan fingerprint density at radius 1 is 1.24 bits per heavy atom. The number of nitrogens with one attached hydrogen (secondary N) is 1. The Morgan fingerprint density at radius 2 is 1.90 bits per heavy atom. The van der Waals surface area contributed by atoms with Gasteiger partial charge in [-0.05, 0) is 30.5 Å². The SMILES string of the molecule is Cc1nc2c(-c3ccc(F)cc3)c[nH]n2c(=O)c1C(C)C. The van der Waals surface area contributed by atoms with E-state index in [1.807, 2.05) is 20.8 Å². The Morgan fingerprint density at radius 3 is 2.52 bits per heavy atom. The van der Waals surface area contributed by atoms with Gasteiger partial charge in [0.15, 0.2) is 5.65 Å². The van der Waals surface area contributed by atoms with E-state index in [9.17, 15) is 9.18 Å². The highest BCUT2D eigenvalue weighted by Crippen LogP contribution is 2.24. The van der Waals surface area contributed by atoms with Gasteiger partial charge in [-0.3, -0.25) is 9.89 Å². The number of hydrogen-bond acceptors (Lipinski definition) is 2. The molecule has 5 heteroatoms. The number of rotatable bonds is 2. The van der Waals surface area contributed by atoms with Gasteiger partial charge in [0.05, 0.1) is 0 Å². The highest BCUT2D eigenvalue weighted by molar-refractivity contribution is 5.77. The highest BCUT2D eigenvalue weighted by atomic mass is 19.1. The van der Waals surface area contributed by atoms with E-state index < -0.39 is 0 Å². The molecular formula is C16H16FN3O. The number of nitrogens with zero attached hydrogens (tertiary/aromatic N) is 2. The molecule has 0 amide bonds. The lowest BCUT2D eigenvalue weighted by atomic mass is 10.0. The van der Waals surface area contributed by atoms with E-state index in [1.165, 1.54) is 16.6 Å². The van der Waals surface area contributed by atoms with Crippen molar-refractivity contribution in [2.45, 2.75) is 26.7 Å². The van der Waals surface area contributed by atoms with Crippen LogP contribution in [0.15, 0.2) is 35.3 Å². The van der Waals surface area contributed by atoms with Crippen LogP contribution in [0.3, 0.4) is 0 Å². The molecule has 3 aromatic rings. The van der Waals surface area contributed by atoms with E-state index >= 15 is 0 Å². The van der Waals surface area contributed by atoms with Crippen molar-refractivity contribution in [3.8, 4) is 11.1 Å². The number of aromatic nitrogens is 3. The van der Waals surface area contributed by atoms with Crippen LogP contribution in [0.2, 0.25) is 0 Å². The van der Waals surface area contributed by atoms with Crippen LogP contribution in [0.25, 0.3) is 16.8 Å². The second kappa shape index (κ2) is 4.84. The maximum Gasteiger partial charge on any atom is 0.276 e. The van der Waals surface area contributed by atoms with E-state index in [0.29, 0.717) is 11.2 Å². The number of benzene rings is 1. The fraction of sp³-hybridized carbons (Fsp3) is 0.250. The average Bonchev–Trinajstić information content (AvgIpc) is 2.83. The van der Waals surface area contributed by atoms with Crippen LogP contribution < -0.4 is 5.56 Å². The van der Waals surface area contributed by atoms with Gasteiger partial charge in [0.25, 0.3) is 5.56 Å². The molecular weight excluding hydrogens is 269 g/mol. The van der Waals surface area contributed by atoms with Gasteiger partial charge in [0.1, 0.15) is 5.82 Å². The standard InChI is InChI=1S/C16H16FN3O/c1-9(2)14-10(3)19-15-13(8-18-20(15)16(14)21)11-4-6-12(17)7-5-11/h4-9,18H,1-3H3. The first kappa shape index (κ1) is 13.5. The quantitative estimate of drug-likeness (QED) is 0.785. The number of halogens is 1. The van der Waals surface area contributed by atoms with Gasteiger partial charge in [-0.15, -0.1) is 0 Å². The molecule has 0 aliphatic rings. The summed E-state index contributed by atoms with van der Waals surface area (Å²) >= 11 is 0. The van der Waals surface area contributed by atoms with Crippen molar-refractivity contribution < 1.29 is 4.39 Å². The van der Waals surface area contributed by atoms with Crippen LogP contribution in [-0.2, 0) is 0 Å². The van der Waals surface area contributed by atoms with Crippen molar-refractivity contribution in [1.29, 1.82) is 0 Å². The Hall–Kier alpha value is -2.43. The largest absolute Gasteiger partial charge is 0.296 e. The maximum absolute atomic E-state index is 13.0. The fourth-order valence-electron chi connectivity index (χ4n) is 2.64. The fourth-order valence-corrected chi connectivity index (χ4v) is 2.64. The molecule has 0 radical (unpaired) electrons. The molecule has 0 saturated heterocycles. The Balaban J connectivity index is 2.29. The summed E-state index contributed by atoms with van der Waals surface area (Å²) in [6.07, 6.45) is 1.72. The van der Waals surface area contributed by atoms with Gasteiger partial charge in [-0.1, -0.05) is 26.0 Å². The van der Waals surface area contributed by atoms with Crippen molar-refractivity contribution in [3.05, 3.63) is 57.9 Å². The molecule has 4 nitrogen and oxygen atoms in total. The lowest BCUT2D eigenvalue weighted by molar-refractivity contribution is 0.628. The minimum absolute atomic E-state index is 0.0825. The predicted molar refractivity (Wildman–Crippen MR) is 80.0 cm³/mol. The van der Waals surface area contributed by atoms with Crippen molar-refractivity contribution >= 4 is 5.65 Å². The summed E-state index contributed by atoms with van der Waals surface area (Å²) in [5.74, 6) is -0.179. The first-order valence-electron chi connectivity index (χ1n) is 6.85. The smallest absolute Gasteiger partial charge is 0.276 e. The lowest BCUT2D eigenvalue weighted by Crippen LogP contribution is -2.22. The van der Waals surface area contributed by atoms with Gasteiger partial charge in [0.2, 0.25) is 0 Å². The monoisotopic (exact) mass is 285 g/mol. The molecule has 0 fully saturated rings. The van der Waals surface area contributed by atoms with Crippen LogP contribution in [0.5, 0.6) is 0 Å². The number of fused-ring (bicyclic) bond motifs is 1. The zero-order chi connectivity index (χ0) is 15.1. The maximum atomic E-state index is 13.0. The van der Waals surface area contributed by atoms with Gasteiger partial charge < -0.3 is 0 Å². The Bertz CT molecular complexity index is 860. The van der Waals surface area contributed by atoms with Crippen LogP contribution in [0.4, 0.5) is 4.39 Å². The van der Waals surface area contributed by atoms with E-state index in [2.05, 4.69) is 10.1 Å². The van der Waals surface area contributed by atoms with Crippen molar-refractivity contribution in [1.82, 2.24) is 14.6 Å². The van der Waals surface area contributed by atoms with E-state index in [0.717, 1.165) is 16.8 Å². The normalized spacial score (nSPS) is 11.5. The summed E-state index contributed by atoms with van der Waals surface area (Å²) in [5.41, 5.74) is 3.52. The van der Waals surface area contributed by atoms with Gasteiger partial charge >= 0.3 is 0 Å². The van der Waals surface area contributed by atoms with Crippen LogP contribution in [-0.4, -0.2) is 14.6 Å². The van der Waals surface area contributed by atoms with Gasteiger partial charge in [-0.2, -0.15) is 0 Å². The third-order valence-electron chi connectivity index (χ3n) is 3.62. The molecule has 0 aliphatic carbocycles. The molecule has 0 atom stereocenters. The second-order valence-corrected chi connectivity index (χ2v) is 5.42. The Labute approximate surface area is 121 Å². The molecule has 0 bridgehead atoms. The molecule has 0 aliphatic heterocycles. The van der Waals surface area contributed by atoms with Crippen LogP contribution >= 0.6 is 0 Å². The molecule has 0 saturated carbocycles. The summed E-state index contributed by atoms with van der Waals surface area (Å²) in [4.78, 5) is 17.1. The van der Waals surface area contributed by atoms with Crippen molar-refractivity contribution in [2.75, 3.05) is 0 Å². The summed E-state index contributed by atoms with van der Waals surface area (Å²) in [6, 6.07) is 6.14. The second-order valence-electron chi connectivity index (χ2n) is 5.42. The minimum atomic E-state index is -0.290. The lowest BCUT2D eigenvalue weighted by Gasteiger charge is -2.08. The van der Waals surface area contributed by atoms with Crippen LogP contribution in [0.1, 0.15) is 31.0 Å². The number of H-pyrrole nitrogens is 1. The van der Waals surface area contributed by atoms with Crippen molar-refractivity contribution in [3.63, 3.8) is 0 Å². The molecule has 0 spiro atoms. The molecule has 108 valence electrons. The zero-order valence-corrected chi connectivity index (χ0v) is 12.1. The molecule has 1 aromatic carbocycles. The third-order valence-corrected chi connectivity index (χ3v) is 3.62. The minimum Gasteiger partial charge on any atom is -0.296 e. The third kappa shape index (κ3) is 2.14. The number of hydrogen-bond donors (Lipinski definition) is 1. The molecule has 1 N–H and O–H groups in total. The first-order valence-corrected chi connectivity index (χ1v) is 6.85. The van der Waals surface area contributed by atoms with E-state index in [1.54, 1.807) is 18.3 Å². The molecule has 2 aromatic heterocycles. The number of aryl methyl sites for hydroxylation is 1. The van der Waals surface area contributed by atoms with Crippen LogP contribution in [0, 0.1) is 12.7 Å². The topological polar surface area (TPSA) is 50.2 Å². The molecule has 21 heavy (non-hydrogen) atoms. The van der Waals surface area contributed by atoms with E-state index in [4.69, 9.17) is 0 Å². The summed E-state index contributed by atoms with van der Waals surface area (Å²) in [5, 5.41) is 2.94. The van der Waals surface area contributed by atoms with Gasteiger partial charge in [-0.25, -0.2) is 13.9 Å². The number of aromatic amines is 1. The van der Waals surface area contributed by atoms with Crippen molar-refractivity contribution in [2.24, 2.45) is 0 Å². The average molecular weight is 285 g/mol. The van der Waals surface area contributed by atoms with E-state index in [-0.39, 0.29) is 17.3 Å². The summed E-state index contributed by atoms with van der Waals surface area (Å²) in [6.45, 7) is 5.79. The summed E-state index contributed by atoms with van der Waals surface area (Å²) < 4.78 is 14.5. The Kier molecular flexibility index (Phi) is 3.12. The summed E-state index contributed by atoms with van der Waals surface area (Å²) in [7, 11) is 0. The zero-order valence-electron chi connectivity index (χ0n) is 12.1.